The lowest BCUT2D eigenvalue weighted by Crippen LogP contribution is -2.01. The van der Waals surface area contributed by atoms with Crippen LogP contribution in [-0.4, -0.2) is 19.7 Å². The van der Waals surface area contributed by atoms with Crippen LogP contribution in [0.1, 0.15) is 18.2 Å². The normalized spacial score (nSPS) is 10.5. The highest BCUT2D eigenvalue weighted by molar-refractivity contribution is 5.26. The Hall–Kier alpha value is -1.95. The first-order valence-electron chi connectivity index (χ1n) is 5.44. The van der Waals surface area contributed by atoms with Crippen molar-refractivity contribution >= 4 is 0 Å². The van der Waals surface area contributed by atoms with Crippen molar-refractivity contribution < 1.29 is 4.74 Å². The molecule has 0 saturated carbocycles. The minimum Gasteiger partial charge on any atom is -0.404 e. The number of nitrogens with zero attached hydrogens (tertiary/aromatic N) is 4. The van der Waals surface area contributed by atoms with Gasteiger partial charge in [-0.3, -0.25) is 4.68 Å². The predicted octanol–water partition coefficient (Wildman–Crippen LogP) is 1.02. The lowest BCUT2D eigenvalue weighted by atomic mass is 10.2. The van der Waals surface area contributed by atoms with E-state index >= 15 is 0 Å². The lowest BCUT2D eigenvalue weighted by Gasteiger charge is -2.05. The molecule has 0 aliphatic carbocycles. The highest BCUT2D eigenvalue weighted by Crippen LogP contribution is 2.17. The van der Waals surface area contributed by atoms with Crippen molar-refractivity contribution in [3.8, 4) is 11.9 Å². The molecule has 0 aliphatic rings. The summed E-state index contributed by atoms with van der Waals surface area (Å²) in [6.07, 6.45) is 2.41. The van der Waals surface area contributed by atoms with Crippen LogP contribution < -0.4 is 10.5 Å². The molecule has 0 fully saturated rings. The first-order chi connectivity index (χ1) is 8.21. The van der Waals surface area contributed by atoms with Crippen LogP contribution in [0.15, 0.2) is 18.5 Å². The summed E-state index contributed by atoms with van der Waals surface area (Å²) in [5.74, 6) is 0.482. The Labute approximate surface area is 99.4 Å². The molecule has 0 amide bonds. The highest BCUT2D eigenvalue weighted by Gasteiger charge is 2.06. The fraction of sp³-hybridized carbons (Fsp3) is 0.364. The molecule has 0 unspecified atom stereocenters. The Morgan fingerprint density at radius 3 is 2.82 bits per heavy atom. The largest absolute Gasteiger partial charge is 0.404 e. The van der Waals surface area contributed by atoms with E-state index in [2.05, 4.69) is 15.1 Å². The molecule has 0 aromatic carbocycles. The second-order valence-corrected chi connectivity index (χ2v) is 3.67. The van der Waals surface area contributed by atoms with E-state index < -0.39 is 0 Å². The molecule has 2 aromatic rings. The quantitative estimate of drug-likeness (QED) is 0.853. The number of ether oxygens (including phenoxy) is 1. The smallest absolute Gasteiger partial charge is 0.342 e. The first-order valence-corrected chi connectivity index (χ1v) is 5.44. The number of aryl methyl sites for hydroxylation is 2. The summed E-state index contributed by atoms with van der Waals surface area (Å²) in [6.45, 7) is 2.49. The van der Waals surface area contributed by atoms with E-state index in [1.54, 1.807) is 24.1 Å². The summed E-state index contributed by atoms with van der Waals surface area (Å²) < 4.78 is 7.05. The topological polar surface area (TPSA) is 78.9 Å². The van der Waals surface area contributed by atoms with Crippen molar-refractivity contribution in [2.75, 3.05) is 0 Å². The zero-order valence-electron chi connectivity index (χ0n) is 9.92. The average Bonchev–Trinajstić information content (AvgIpc) is 2.74. The van der Waals surface area contributed by atoms with Crippen LogP contribution in [0.3, 0.4) is 0 Å². The zero-order chi connectivity index (χ0) is 12.3. The van der Waals surface area contributed by atoms with Gasteiger partial charge in [-0.05, 0) is 18.1 Å². The SMILES string of the molecule is CCc1cc(CN)cc(Oc2ncn(C)n2)n1. The third kappa shape index (κ3) is 2.79. The molecule has 90 valence electrons. The average molecular weight is 233 g/mol. The van der Waals surface area contributed by atoms with Crippen molar-refractivity contribution in [3.63, 3.8) is 0 Å². The standard InChI is InChI=1S/C11H15N5O/c1-3-9-4-8(6-12)5-10(14-9)17-11-13-7-16(2)15-11/h4-5,7H,3,6,12H2,1-2H3. The number of hydrogen-bond acceptors (Lipinski definition) is 5. The Balaban J connectivity index is 2.25. The summed E-state index contributed by atoms with van der Waals surface area (Å²) in [4.78, 5) is 8.32. The van der Waals surface area contributed by atoms with E-state index in [4.69, 9.17) is 10.5 Å². The molecule has 6 heteroatoms. The van der Waals surface area contributed by atoms with E-state index in [0.29, 0.717) is 12.4 Å². The van der Waals surface area contributed by atoms with Crippen LogP contribution in [0, 0.1) is 0 Å². The third-order valence-corrected chi connectivity index (χ3v) is 2.29. The number of hydrogen-bond donors (Lipinski definition) is 1. The van der Waals surface area contributed by atoms with Gasteiger partial charge in [-0.15, -0.1) is 5.10 Å². The van der Waals surface area contributed by atoms with Gasteiger partial charge in [-0.1, -0.05) is 6.92 Å². The van der Waals surface area contributed by atoms with Gasteiger partial charge in [0.25, 0.3) is 0 Å². The summed E-state index contributed by atoms with van der Waals surface area (Å²) in [7, 11) is 1.78. The molecular formula is C11H15N5O. The number of pyridine rings is 1. The molecule has 17 heavy (non-hydrogen) atoms. The predicted molar refractivity (Wildman–Crippen MR) is 62.6 cm³/mol. The second-order valence-electron chi connectivity index (χ2n) is 3.67. The van der Waals surface area contributed by atoms with E-state index in [1.165, 1.54) is 0 Å². The van der Waals surface area contributed by atoms with Gasteiger partial charge in [-0.25, -0.2) is 4.98 Å². The molecule has 2 heterocycles. The number of rotatable bonds is 4. The Kier molecular flexibility index (Phi) is 3.34. The van der Waals surface area contributed by atoms with E-state index in [9.17, 15) is 0 Å². The van der Waals surface area contributed by atoms with Crippen LogP contribution in [0.4, 0.5) is 0 Å². The molecule has 6 nitrogen and oxygen atoms in total. The zero-order valence-corrected chi connectivity index (χ0v) is 9.92. The lowest BCUT2D eigenvalue weighted by molar-refractivity contribution is 0.420. The van der Waals surface area contributed by atoms with Crippen molar-refractivity contribution in [2.45, 2.75) is 19.9 Å². The fourth-order valence-electron chi connectivity index (χ4n) is 1.43. The van der Waals surface area contributed by atoms with E-state index in [1.807, 2.05) is 13.0 Å². The summed E-state index contributed by atoms with van der Waals surface area (Å²) in [5, 5.41) is 4.03. The Bertz CT molecular complexity index is 486. The maximum atomic E-state index is 5.62. The number of aromatic nitrogens is 4. The van der Waals surface area contributed by atoms with Crippen molar-refractivity contribution in [1.29, 1.82) is 0 Å². The van der Waals surface area contributed by atoms with Crippen molar-refractivity contribution in [1.82, 2.24) is 19.7 Å². The third-order valence-electron chi connectivity index (χ3n) is 2.29. The molecule has 0 bridgehead atoms. The molecule has 0 radical (unpaired) electrons. The highest BCUT2D eigenvalue weighted by atomic mass is 16.5. The van der Waals surface area contributed by atoms with Gasteiger partial charge in [0.05, 0.1) is 0 Å². The molecule has 0 spiro atoms. The van der Waals surface area contributed by atoms with Crippen molar-refractivity contribution in [3.05, 3.63) is 29.7 Å². The molecule has 0 atom stereocenters. The van der Waals surface area contributed by atoms with Gasteiger partial charge in [0, 0.05) is 25.4 Å². The second kappa shape index (κ2) is 4.92. The van der Waals surface area contributed by atoms with E-state index in [0.717, 1.165) is 17.7 Å². The summed E-state index contributed by atoms with van der Waals surface area (Å²) in [5.41, 5.74) is 7.55. The van der Waals surface area contributed by atoms with Crippen LogP contribution in [0.2, 0.25) is 0 Å². The minimum atomic E-state index is 0.288. The fourth-order valence-corrected chi connectivity index (χ4v) is 1.43. The van der Waals surface area contributed by atoms with Gasteiger partial charge < -0.3 is 10.5 Å². The van der Waals surface area contributed by atoms with Gasteiger partial charge in [0.15, 0.2) is 0 Å². The Morgan fingerprint density at radius 2 is 2.24 bits per heavy atom. The maximum absolute atomic E-state index is 5.62. The molecule has 2 rings (SSSR count). The van der Waals surface area contributed by atoms with Gasteiger partial charge in [0.2, 0.25) is 5.88 Å². The monoisotopic (exact) mass is 233 g/mol. The van der Waals surface area contributed by atoms with E-state index in [-0.39, 0.29) is 6.01 Å². The summed E-state index contributed by atoms with van der Waals surface area (Å²) in [6, 6.07) is 4.06. The van der Waals surface area contributed by atoms with Gasteiger partial charge in [-0.2, -0.15) is 4.98 Å². The first kappa shape index (κ1) is 11.5. The number of nitrogens with two attached hydrogens (primary N) is 1. The molecule has 2 N–H and O–H groups in total. The molecule has 0 aliphatic heterocycles. The van der Waals surface area contributed by atoms with Crippen LogP contribution >= 0.6 is 0 Å². The van der Waals surface area contributed by atoms with Gasteiger partial charge >= 0.3 is 6.01 Å². The van der Waals surface area contributed by atoms with Crippen LogP contribution in [-0.2, 0) is 20.0 Å². The summed E-state index contributed by atoms with van der Waals surface area (Å²) >= 11 is 0. The van der Waals surface area contributed by atoms with Crippen LogP contribution in [0.25, 0.3) is 0 Å². The molecule has 2 aromatic heterocycles. The van der Waals surface area contributed by atoms with Gasteiger partial charge in [0.1, 0.15) is 6.33 Å². The Morgan fingerprint density at radius 1 is 1.41 bits per heavy atom. The van der Waals surface area contributed by atoms with Crippen LogP contribution in [0.5, 0.6) is 11.9 Å². The molecular weight excluding hydrogens is 218 g/mol. The maximum Gasteiger partial charge on any atom is 0.342 e. The minimum absolute atomic E-state index is 0.288. The van der Waals surface area contributed by atoms with Crippen molar-refractivity contribution in [2.24, 2.45) is 12.8 Å². The molecule has 0 saturated heterocycles.